The first-order valence-corrected chi connectivity index (χ1v) is 5.12. The largest absolute Gasteiger partial charge is 0.312 e. The van der Waals surface area contributed by atoms with Crippen LogP contribution >= 0.6 is 0 Å². The van der Waals surface area contributed by atoms with Gasteiger partial charge in [0.1, 0.15) is 0 Å². The average Bonchev–Trinajstić information content (AvgIpc) is 2.16. The average molecular weight is 205 g/mol. The van der Waals surface area contributed by atoms with Gasteiger partial charge in [0.2, 0.25) is 0 Å². The van der Waals surface area contributed by atoms with Crippen LogP contribution in [0.3, 0.4) is 0 Å². The van der Waals surface area contributed by atoms with Gasteiger partial charge in [-0.25, -0.2) is 5.84 Å². The van der Waals surface area contributed by atoms with Gasteiger partial charge in [0.15, 0.2) is 0 Å². The lowest BCUT2D eigenvalue weighted by molar-refractivity contribution is 0.647. The SMILES string of the molecule is C=Nc1ccc(CC(C)C)cc1N(C)N. The number of hydrogen-bond donors (Lipinski definition) is 1. The molecule has 0 fully saturated rings. The molecule has 0 saturated heterocycles. The van der Waals surface area contributed by atoms with E-state index in [1.54, 1.807) is 5.01 Å². The Kier molecular flexibility index (Phi) is 3.86. The molecule has 0 amide bonds. The van der Waals surface area contributed by atoms with Crippen molar-refractivity contribution in [2.75, 3.05) is 12.1 Å². The fourth-order valence-corrected chi connectivity index (χ4v) is 1.58. The molecule has 3 heteroatoms. The standard InChI is InChI=1S/C12H19N3/c1-9(2)7-10-5-6-11(14-3)12(8-10)15(4)13/h5-6,8-9H,3,7,13H2,1-2,4H3. The fourth-order valence-electron chi connectivity index (χ4n) is 1.58. The molecule has 1 aromatic carbocycles. The molecule has 1 aromatic rings. The summed E-state index contributed by atoms with van der Waals surface area (Å²) in [7, 11) is 1.81. The number of rotatable bonds is 4. The van der Waals surface area contributed by atoms with Crippen molar-refractivity contribution in [3.05, 3.63) is 23.8 Å². The molecular weight excluding hydrogens is 186 g/mol. The minimum Gasteiger partial charge on any atom is -0.312 e. The third-order valence-electron chi connectivity index (χ3n) is 2.23. The van der Waals surface area contributed by atoms with E-state index in [-0.39, 0.29) is 0 Å². The second-order valence-corrected chi connectivity index (χ2v) is 4.19. The predicted molar refractivity (Wildman–Crippen MR) is 66.8 cm³/mol. The summed E-state index contributed by atoms with van der Waals surface area (Å²) in [6.45, 7) is 7.93. The van der Waals surface area contributed by atoms with Crippen LogP contribution in [0.4, 0.5) is 11.4 Å². The van der Waals surface area contributed by atoms with Crippen LogP contribution in [0.25, 0.3) is 0 Å². The van der Waals surface area contributed by atoms with Crippen LogP contribution in [-0.2, 0) is 6.42 Å². The summed E-state index contributed by atoms with van der Waals surface area (Å²) < 4.78 is 0. The highest BCUT2D eigenvalue weighted by molar-refractivity contribution is 5.69. The Morgan fingerprint density at radius 2 is 2.13 bits per heavy atom. The molecule has 15 heavy (non-hydrogen) atoms. The predicted octanol–water partition coefficient (Wildman–Crippen LogP) is 2.53. The molecule has 3 nitrogen and oxygen atoms in total. The summed E-state index contributed by atoms with van der Waals surface area (Å²) >= 11 is 0. The Morgan fingerprint density at radius 3 is 2.60 bits per heavy atom. The highest BCUT2D eigenvalue weighted by Gasteiger charge is 2.06. The fraction of sp³-hybridized carbons (Fsp3) is 0.417. The van der Waals surface area contributed by atoms with Crippen molar-refractivity contribution in [2.24, 2.45) is 16.8 Å². The smallest absolute Gasteiger partial charge is 0.0869 e. The lowest BCUT2D eigenvalue weighted by Gasteiger charge is -2.16. The molecular formula is C12H19N3. The van der Waals surface area contributed by atoms with Crippen molar-refractivity contribution < 1.29 is 0 Å². The maximum atomic E-state index is 5.74. The molecule has 0 aromatic heterocycles. The van der Waals surface area contributed by atoms with Gasteiger partial charge in [-0.05, 0) is 36.8 Å². The number of aliphatic imine (C=N–C) groups is 1. The van der Waals surface area contributed by atoms with Crippen molar-refractivity contribution in [3.8, 4) is 0 Å². The van der Waals surface area contributed by atoms with Crippen LogP contribution in [0.1, 0.15) is 19.4 Å². The zero-order valence-electron chi connectivity index (χ0n) is 9.70. The lowest BCUT2D eigenvalue weighted by Crippen LogP contribution is -2.25. The number of nitrogens with zero attached hydrogens (tertiary/aromatic N) is 2. The van der Waals surface area contributed by atoms with Gasteiger partial charge >= 0.3 is 0 Å². The Labute approximate surface area is 91.6 Å². The van der Waals surface area contributed by atoms with E-state index in [0.717, 1.165) is 17.8 Å². The summed E-state index contributed by atoms with van der Waals surface area (Å²) in [6.07, 6.45) is 1.05. The normalized spacial score (nSPS) is 10.5. The molecule has 2 N–H and O–H groups in total. The molecule has 0 saturated carbocycles. The molecule has 1 rings (SSSR count). The second kappa shape index (κ2) is 4.94. The van der Waals surface area contributed by atoms with E-state index in [9.17, 15) is 0 Å². The van der Waals surface area contributed by atoms with Gasteiger partial charge in [-0.3, -0.25) is 4.99 Å². The van der Waals surface area contributed by atoms with Crippen LogP contribution in [-0.4, -0.2) is 13.8 Å². The minimum atomic E-state index is 0.642. The van der Waals surface area contributed by atoms with Gasteiger partial charge in [0, 0.05) is 7.05 Å². The van der Waals surface area contributed by atoms with E-state index in [4.69, 9.17) is 5.84 Å². The number of nitrogens with two attached hydrogens (primary N) is 1. The summed E-state index contributed by atoms with van der Waals surface area (Å²) in [5.41, 5.74) is 3.03. The van der Waals surface area contributed by atoms with Crippen LogP contribution in [0.5, 0.6) is 0 Å². The van der Waals surface area contributed by atoms with Gasteiger partial charge < -0.3 is 5.01 Å². The Hall–Kier alpha value is -1.35. The highest BCUT2D eigenvalue weighted by Crippen LogP contribution is 2.28. The summed E-state index contributed by atoms with van der Waals surface area (Å²) in [5, 5.41) is 1.58. The van der Waals surface area contributed by atoms with E-state index in [0.29, 0.717) is 5.92 Å². The van der Waals surface area contributed by atoms with Gasteiger partial charge in [0.05, 0.1) is 11.4 Å². The monoisotopic (exact) mass is 205 g/mol. The van der Waals surface area contributed by atoms with E-state index in [1.165, 1.54) is 5.56 Å². The summed E-state index contributed by atoms with van der Waals surface area (Å²) in [4.78, 5) is 3.94. The summed E-state index contributed by atoms with van der Waals surface area (Å²) in [6, 6.07) is 6.12. The van der Waals surface area contributed by atoms with Crippen molar-refractivity contribution >= 4 is 18.1 Å². The molecule has 0 aliphatic rings. The van der Waals surface area contributed by atoms with Gasteiger partial charge in [-0.15, -0.1) is 0 Å². The van der Waals surface area contributed by atoms with Gasteiger partial charge in [0.25, 0.3) is 0 Å². The number of hydrazine groups is 1. The molecule has 82 valence electrons. The lowest BCUT2D eigenvalue weighted by atomic mass is 10.0. The third-order valence-corrected chi connectivity index (χ3v) is 2.23. The first kappa shape index (κ1) is 11.7. The number of benzene rings is 1. The molecule has 0 atom stereocenters. The van der Waals surface area contributed by atoms with Gasteiger partial charge in [-0.1, -0.05) is 19.9 Å². The maximum Gasteiger partial charge on any atom is 0.0869 e. The van der Waals surface area contributed by atoms with E-state index in [2.05, 4.69) is 37.7 Å². The zero-order chi connectivity index (χ0) is 11.4. The second-order valence-electron chi connectivity index (χ2n) is 4.19. The van der Waals surface area contributed by atoms with Gasteiger partial charge in [-0.2, -0.15) is 0 Å². The minimum absolute atomic E-state index is 0.642. The maximum absolute atomic E-state index is 5.74. The van der Waals surface area contributed by atoms with Crippen molar-refractivity contribution in [2.45, 2.75) is 20.3 Å². The number of anilines is 1. The molecule has 0 aliphatic heterocycles. The molecule has 0 unspecified atom stereocenters. The number of hydrogen-bond acceptors (Lipinski definition) is 3. The van der Waals surface area contributed by atoms with Crippen LogP contribution in [0.15, 0.2) is 23.2 Å². The molecule has 0 bridgehead atoms. The van der Waals surface area contributed by atoms with Crippen molar-refractivity contribution in [3.63, 3.8) is 0 Å². The van der Waals surface area contributed by atoms with Crippen molar-refractivity contribution in [1.29, 1.82) is 0 Å². The Balaban J connectivity index is 3.04. The third kappa shape index (κ3) is 3.06. The molecule has 0 radical (unpaired) electrons. The Morgan fingerprint density at radius 1 is 1.47 bits per heavy atom. The van der Waals surface area contributed by atoms with E-state index >= 15 is 0 Å². The first-order chi connectivity index (χ1) is 7.04. The quantitative estimate of drug-likeness (QED) is 0.466. The first-order valence-electron chi connectivity index (χ1n) is 5.12. The molecule has 0 heterocycles. The van der Waals surface area contributed by atoms with E-state index in [1.807, 2.05) is 13.1 Å². The topological polar surface area (TPSA) is 41.6 Å². The zero-order valence-corrected chi connectivity index (χ0v) is 9.70. The Bertz CT molecular complexity index is 343. The molecule has 0 spiro atoms. The van der Waals surface area contributed by atoms with E-state index < -0.39 is 0 Å². The van der Waals surface area contributed by atoms with Crippen LogP contribution < -0.4 is 10.9 Å². The van der Waals surface area contributed by atoms with Crippen LogP contribution in [0, 0.1) is 5.92 Å². The summed E-state index contributed by atoms with van der Waals surface area (Å²) in [5.74, 6) is 6.38. The molecule has 0 aliphatic carbocycles. The highest BCUT2D eigenvalue weighted by atomic mass is 15.4. The van der Waals surface area contributed by atoms with Crippen molar-refractivity contribution in [1.82, 2.24) is 0 Å². The van der Waals surface area contributed by atoms with Crippen LogP contribution in [0.2, 0.25) is 0 Å².